The molecule has 100 valence electrons. The number of carbonyl (C=O) groups excluding carboxylic acids is 1. The second-order valence-electron chi connectivity index (χ2n) is 3.74. The lowest BCUT2D eigenvalue weighted by atomic mass is 10.2. The van der Waals surface area contributed by atoms with E-state index in [1.54, 1.807) is 0 Å². The van der Waals surface area contributed by atoms with Crippen LogP contribution in [0.5, 0.6) is 0 Å². The average Bonchev–Trinajstić information content (AvgIpc) is 2.34. The molecule has 1 unspecified atom stereocenters. The third-order valence-corrected chi connectivity index (χ3v) is 2.43. The summed E-state index contributed by atoms with van der Waals surface area (Å²) in [7, 11) is 0. The van der Waals surface area contributed by atoms with Crippen LogP contribution in [0.2, 0.25) is 0 Å². The van der Waals surface area contributed by atoms with E-state index in [9.17, 15) is 18.0 Å². The summed E-state index contributed by atoms with van der Waals surface area (Å²) in [5, 5.41) is 2.61. The molecule has 1 heterocycles. The van der Waals surface area contributed by atoms with Gasteiger partial charge in [-0.3, -0.25) is 9.78 Å². The summed E-state index contributed by atoms with van der Waals surface area (Å²) >= 11 is 0. The summed E-state index contributed by atoms with van der Waals surface area (Å²) in [5.41, 5.74) is 4.47. The maximum Gasteiger partial charge on any atom is 0.433 e. The van der Waals surface area contributed by atoms with Gasteiger partial charge in [0.1, 0.15) is 5.69 Å². The fourth-order valence-corrected chi connectivity index (χ4v) is 1.29. The first kappa shape index (κ1) is 14.4. The number of nitrogens with one attached hydrogen (secondary N) is 1. The van der Waals surface area contributed by atoms with Gasteiger partial charge in [-0.1, -0.05) is 6.92 Å². The van der Waals surface area contributed by atoms with Crippen LogP contribution in [0.25, 0.3) is 0 Å². The van der Waals surface area contributed by atoms with Gasteiger partial charge in [0.15, 0.2) is 0 Å². The fraction of sp³-hybridized carbons (Fsp3) is 0.455. The van der Waals surface area contributed by atoms with Gasteiger partial charge in [0, 0.05) is 18.8 Å². The first-order chi connectivity index (χ1) is 8.38. The summed E-state index contributed by atoms with van der Waals surface area (Å²) in [5.74, 6) is -0.478. The van der Waals surface area contributed by atoms with Crippen molar-refractivity contribution in [3.63, 3.8) is 0 Å². The summed E-state index contributed by atoms with van der Waals surface area (Å²) < 4.78 is 36.8. The molecule has 0 bridgehead atoms. The minimum absolute atomic E-state index is 0.0786. The quantitative estimate of drug-likeness (QED) is 0.864. The van der Waals surface area contributed by atoms with Crippen LogP contribution in [-0.2, 0) is 6.18 Å². The molecule has 1 rings (SSSR count). The smallest absolute Gasteiger partial charge is 0.348 e. The minimum atomic E-state index is -4.50. The molecule has 3 N–H and O–H groups in total. The van der Waals surface area contributed by atoms with E-state index >= 15 is 0 Å². The predicted molar refractivity (Wildman–Crippen MR) is 59.8 cm³/mol. The maximum atomic E-state index is 12.3. The Hall–Kier alpha value is -1.63. The van der Waals surface area contributed by atoms with Crippen molar-refractivity contribution in [2.24, 2.45) is 5.73 Å². The van der Waals surface area contributed by atoms with Crippen molar-refractivity contribution in [3.05, 3.63) is 29.6 Å². The molecular weight excluding hydrogens is 247 g/mol. The summed E-state index contributed by atoms with van der Waals surface area (Å²) in [6, 6.07) is 1.67. The van der Waals surface area contributed by atoms with E-state index < -0.39 is 17.8 Å². The van der Waals surface area contributed by atoms with E-state index in [1.807, 2.05) is 6.92 Å². The molecule has 1 aromatic heterocycles. The van der Waals surface area contributed by atoms with Crippen molar-refractivity contribution in [2.45, 2.75) is 25.6 Å². The predicted octanol–water partition coefficient (Wildman–Crippen LogP) is 1.57. The van der Waals surface area contributed by atoms with E-state index in [0.29, 0.717) is 6.42 Å². The van der Waals surface area contributed by atoms with Crippen molar-refractivity contribution in [3.8, 4) is 0 Å². The molecule has 0 saturated heterocycles. The number of amides is 1. The van der Waals surface area contributed by atoms with Gasteiger partial charge in [-0.2, -0.15) is 13.2 Å². The van der Waals surface area contributed by atoms with Crippen molar-refractivity contribution in [1.82, 2.24) is 10.3 Å². The first-order valence-electron chi connectivity index (χ1n) is 5.42. The average molecular weight is 261 g/mol. The molecule has 0 fully saturated rings. The maximum absolute atomic E-state index is 12.3. The number of carbonyl (C=O) groups is 1. The van der Waals surface area contributed by atoms with Gasteiger partial charge in [0.25, 0.3) is 5.91 Å². The van der Waals surface area contributed by atoms with Crippen LogP contribution in [0.15, 0.2) is 18.3 Å². The third-order valence-electron chi connectivity index (χ3n) is 2.43. The molecule has 0 aliphatic carbocycles. The summed E-state index contributed by atoms with van der Waals surface area (Å²) in [6.45, 7) is 2.12. The lowest BCUT2D eigenvalue weighted by Gasteiger charge is -2.14. The number of alkyl halides is 3. The molecule has 1 aromatic rings. The molecule has 0 aromatic carbocycles. The normalized spacial score (nSPS) is 13.2. The van der Waals surface area contributed by atoms with Gasteiger partial charge in [-0.05, 0) is 18.6 Å². The molecule has 1 atom stereocenters. The molecule has 0 spiro atoms. The topological polar surface area (TPSA) is 68.0 Å². The number of rotatable bonds is 4. The van der Waals surface area contributed by atoms with Crippen molar-refractivity contribution >= 4 is 5.91 Å². The number of pyridine rings is 1. The van der Waals surface area contributed by atoms with Gasteiger partial charge in [0.2, 0.25) is 0 Å². The zero-order valence-electron chi connectivity index (χ0n) is 9.79. The van der Waals surface area contributed by atoms with Crippen LogP contribution in [0.3, 0.4) is 0 Å². The number of aromatic nitrogens is 1. The van der Waals surface area contributed by atoms with Gasteiger partial charge in [0.05, 0.1) is 5.56 Å². The van der Waals surface area contributed by atoms with E-state index in [-0.39, 0.29) is 18.2 Å². The Morgan fingerprint density at radius 3 is 2.56 bits per heavy atom. The molecule has 0 aliphatic heterocycles. The third kappa shape index (κ3) is 3.69. The molecule has 18 heavy (non-hydrogen) atoms. The first-order valence-corrected chi connectivity index (χ1v) is 5.42. The highest BCUT2D eigenvalue weighted by Gasteiger charge is 2.32. The Morgan fingerprint density at radius 1 is 1.50 bits per heavy atom. The fourth-order valence-electron chi connectivity index (χ4n) is 1.29. The SMILES string of the molecule is CCC(CN)NC(=O)c1ccc(C(F)(F)F)nc1. The lowest BCUT2D eigenvalue weighted by molar-refractivity contribution is -0.141. The molecule has 7 heteroatoms. The van der Waals surface area contributed by atoms with Crippen LogP contribution in [0.1, 0.15) is 29.4 Å². The molecule has 0 radical (unpaired) electrons. The number of hydrogen-bond donors (Lipinski definition) is 2. The monoisotopic (exact) mass is 261 g/mol. The number of nitrogens with two attached hydrogens (primary N) is 1. The highest BCUT2D eigenvalue weighted by Crippen LogP contribution is 2.27. The Kier molecular flexibility index (Phi) is 4.66. The van der Waals surface area contributed by atoms with Crippen LogP contribution < -0.4 is 11.1 Å². The zero-order chi connectivity index (χ0) is 13.8. The van der Waals surface area contributed by atoms with Crippen LogP contribution >= 0.6 is 0 Å². The number of halogens is 3. The number of nitrogens with zero attached hydrogens (tertiary/aromatic N) is 1. The van der Waals surface area contributed by atoms with E-state index in [0.717, 1.165) is 18.3 Å². The van der Waals surface area contributed by atoms with E-state index in [1.165, 1.54) is 0 Å². The van der Waals surface area contributed by atoms with Gasteiger partial charge < -0.3 is 11.1 Å². The van der Waals surface area contributed by atoms with E-state index in [4.69, 9.17) is 5.73 Å². The molecule has 1 amide bonds. The van der Waals surface area contributed by atoms with Gasteiger partial charge in [-0.15, -0.1) is 0 Å². The van der Waals surface area contributed by atoms with Gasteiger partial charge in [-0.25, -0.2) is 0 Å². The Labute approximate surface area is 102 Å². The van der Waals surface area contributed by atoms with Crippen molar-refractivity contribution in [2.75, 3.05) is 6.54 Å². The zero-order valence-corrected chi connectivity index (χ0v) is 9.79. The van der Waals surface area contributed by atoms with E-state index in [2.05, 4.69) is 10.3 Å². The Bertz CT molecular complexity index is 399. The second kappa shape index (κ2) is 5.81. The number of hydrogen-bond acceptors (Lipinski definition) is 3. The molecular formula is C11H14F3N3O. The summed E-state index contributed by atoms with van der Waals surface area (Å²) in [4.78, 5) is 14.9. The lowest BCUT2D eigenvalue weighted by Crippen LogP contribution is -2.39. The molecule has 0 aliphatic rings. The highest BCUT2D eigenvalue weighted by molar-refractivity contribution is 5.94. The van der Waals surface area contributed by atoms with Crippen molar-refractivity contribution < 1.29 is 18.0 Å². The van der Waals surface area contributed by atoms with Crippen LogP contribution in [-0.4, -0.2) is 23.5 Å². The Balaban J connectivity index is 2.76. The Morgan fingerprint density at radius 2 is 2.17 bits per heavy atom. The molecule has 4 nitrogen and oxygen atoms in total. The van der Waals surface area contributed by atoms with Gasteiger partial charge >= 0.3 is 6.18 Å². The minimum Gasteiger partial charge on any atom is -0.348 e. The molecule has 0 saturated carbocycles. The largest absolute Gasteiger partial charge is 0.433 e. The highest BCUT2D eigenvalue weighted by atomic mass is 19.4. The van der Waals surface area contributed by atoms with Crippen LogP contribution in [0, 0.1) is 0 Å². The summed E-state index contributed by atoms with van der Waals surface area (Å²) in [6.07, 6.45) is -2.95. The second-order valence-corrected chi connectivity index (χ2v) is 3.74. The standard InChI is InChI=1S/C11H14F3N3O/c1-2-8(5-15)17-10(18)7-3-4-9(16-6-7)11(12,13)14/h3-4,6,8H,2,5,15H2,1H3,(H,17,18). The van der Waals surface area contributed by atoms with Crippen molar-refractivity contribution in [1.29, 1.82) is 0 Å². The van der Waals surface area contributed by atoms with Crippen LogP contribution in [0.4, 0.5) is 13.2 Å².